The van der Waals surface area contributed by atoms with Crippen molar-refractivity contribution in [2.75, 3.05) is 0 Å². The van der Waals surface area contributed by atoms with Gasteiger partial charge in [-0.25, -0.2) is 9.97 Å². The van der Waals surface area contributed by atoms with Gasteiger partial charge in [-0.2, -0.15) is 4.98 Å². The number of aryl methyl sites for hydroxylation is 1. The van der Waals surface area contributed by atoms with Gasteiger partial charge < -0.3 is 4.52 Å². The highest BCUT2D eigenvalue weighted by Crippen LogP contribution is 2.16. The molecule has 0 unspecified atom stereocenters. The fourth-order valence-electron chi connectivity index (χ4n) is 1.47. The van der Waals surface area contributed by atoms with Gasteiger partial charge in [0.1, 0.15) is 12.1 Å². The SMILES string of the molecule is Cc1noc(-c2ccc(-n3ccnc3)nc2)n1. The summed E-state index contributed by atoms with van der Waals surface area (Å²) in [7, 11) is 0. The van der Waals surface area contributed by atoms with Gasteiger partial charge >= 0.3 is 0 Å². The predicted octanol–water partition coefficient (Wildman–Crippen LogP) is 1.63. The zero-order valence-electron chi connectivity index (χ0n) is 9.11. The number of nitrogens with zero attached hydrogens (tertiary/aromatic N) is 5. The topological polar surface area (TPSA) is 69.6 Å². The summed E-state index contributed by atoms with van der Waals surface area (Å²) in [6.45, 7) is 1.78. The standard InChI is InChI=1S/C11H9N5O/c1-8-14-11(17-15-8)9-2-3-10(13-6-9)16-5-4-12-7-16/h2-7H,1H3. The minimum absolute atomic E-state index is 0.479. The smallest absolute Gasteiger partial charge is 0.259 e. The molecule has 3 heterocycles. The average Bonchev–Trinajstić information content (AvgIpc) is 3.00. The summed E-state index contributed by atoms with van der Waals surface area (Å²) in [6.07, 6.45) is 6.93. The molecule has 17 heavy (non-hydrogen) atoms. The van der Waals surface area contributed by atoms with Crippen LogP contribution in [0, 0.1) is 6.92 Å². The molecule has 6 nitrogen and oxygen atoms in total. The minimum atomic E-state index is 0.479. The van der Waals surface area contributed by atoms with E-state index < -0.39 is 0 Å². The van der Waals surface area contributed by atoms with Crippen LogP contribution in [-0.4, -0.2) is 24.7 Å². The lowest BCUT2D eigenvalue weighted by molar-refractivity contribution is 0.425. The molecule has 0 fully saturated rings. The van der Waals surface area contributed by atoms with Crippen LogP contribution in [0.1, 0.15) is 5.82 Å². The third kappa shape index (κ3) is 1.80. The molecule has 0 spiro atoms. The molecule has 0 saturated heterocycles. The van der Waals surface area contributed by atoms with E-state index in [0.717, 1.165) is 11.4 Å². The van der Waals surface area contributed by atoms with Crippen molar-refractivity contribution in [1.29, 1.82) is 0 Å². The quantitative estimate of drug-likeness (QED) is 0.665. The maximum atomic E-state index is 5.06. The Kier molecular flexibility index (Phi) is 2.18. The van der Waals surface area contributed by atoms with Crippen LogP contribution in [0.4, 0.5) is 0 Å². The van der Waals surface area contributed by atoms with Gasteiger partial charge in [0.25, 0.3) is 5.89 Å². The van der Waals surface area contributed by atoms with Crippen molar-refractivity contribution in [3.8, 4) is 17.3 Å². The number of pyridine rings is 1. The molecule has 0 amide bonds. The van der Waals surface area contributed by atoms with Crippen molar-refractivity contribution in [1.82, 2.24) is 24.7 Å². The second-order valence-electron chi connectivity index (χ2n) is 3.52. The summed E-state index contributed by atoms with van der Waals surface area (Å²) >= 11 is 0. The minimum Gasteiger partial charge on any atom is -0.334 e. The molecule has 0 aliphatic rings. The number of hydrogen-bond donors (Lipinski definition) is 0. The molecule has 3 rings (SSSR count). The second-order valence-corrected chi connectivity index (χ2v) is 3.52. The Balaban J connectivity index is 1.95. The van der Waals surface area contributed by atoms with Crippen LogP contribution in [-0.2, 0) is 0 Å². The number of rotatable bonds is 2. The fraction of sp³-hybridized carbons (Fsp3) is 0.0909. The Morgan fingerprint density at radius 1 is 1.29 bits per heavy atom. The molecule has 0 bridgehead atoms. The normalized spacial score (nSPS) is 10.6. The Labute approximate surface area is 97.0 Å². The summed E-state index contributed by atoms with van der Waals surface area (Å²) in [4.78, 5) is 12.4. The lowest BCUT2D eigenvalue weighted by atomic mass is 10.3. The molecule has 0 saturated carbocycles. The number of imidazole rings is 1. The Morgan fingerprint density at radius 3 is 2.82 bits per heavy atom. The highest BCUT2D eigenvalue weighted by Gasteiger charge is 2.06. The van der Waals surface area contributed by atoms with Gasteiger partial charge in [-0.05, 0) is 19.1 Å². The monoisotopic (exact) mass is 227 g/mol. The molecular weight excluding hydrogens is 218 g/mol. The highest BCUT2D eigenvalue weighted by atomic mass is 16.5. The van der Waals surface area contributed by atoms with Crippen molar-refractivity contribution in [3.63, 3.8) is 0 Å². The van der Waals surface area contributed by atoms with E-state index in [1.165, 1.54) is 0 Å². The van der Waals surface area contributed by atoms with E-state index >= 15 is 0 Å². The molecule has 0 N–H and O–H groups in total. The van der Waals surface area contributed by atoms with Crippen LogP contribution in [0.5, 0.6) is 0 Å². The van der Waals surface area contributed by atoms with E-state index in [-0.39, 0.29) is 0 Å². The highest BCUT2D eigenvalue weighted by molar-refractivity contribution is 5.52. The Hall–Kier alpha value is -2.50. The molecule has 0 aliphatic heterocycles. The van der Waals surface area contributed by atoms with Crippen molar-refractivity contribution < 1.29 is 4.52 Å². The van der Waals surface area contributed by atoms with Gasteiger partial charge in [0.2, 0.25) is 0 Å². The molecule has 3 aromatic heterocycles. The Morgan fingerprint density at radius 2 is 2.24 bits per heavy atom. The lowest BCUT2D eigenvalue weighted by Crippen LogP contribution is -1.93. The zero-order valence-corrected chi connectivity index (χ0v) is 9.11. The van der Waals surface area contributed by atoms with Crippen molar-refractivity contribution in [2.24, 2.45) is 0 Å². The molecule has 6 heteroatoms. The largest absolute Gasteiger partial charge is 0.334 e. The van der Waals surface area contributed by atoms with E-state index in [0.29, 0.717) is 11.7 Å². The van der Waals surface area contributed by atoms with E-state index in [2.05, 4.69) is 20.1 Å². The molecule has 0 aliphatic carbocycles. The van der Waals surface area contributed by atoms with Crippen LogP contribution in [0.2, 0.25) is 0 Å². The number of aromatic nitrogens is 5. The molecule has 0 radical (unpaired) electrons. The van der Waals surface area contributed by atoms with Crippen LogP contribution in [0.25, 0.3) is 17.3 Å². The van der Waals surface area contributed by atoms with Gasteiger partial charge in [-0.3, -0.25) is 4.57 Å². The van der Waals surface area contributed by atoms with Gasteiger partial charge in [0.15, 0.2) is 5.82 Å². The number of hydrogen-bond acceptors (Lipinski definition) is 5. The van der Waals surface area contributed by atoms with E-state index in [9.17, 15) is 0 Å². The summed E-state index contributed by atoms with van der Waals surface area (Å²) in [6, 6.07) is 3.76. The first-order valence-electron chi connectivity index (χ1n) is 5.08. The second kappa shape index (κ2) is 3.82. The summed E-state index contributed by atoms with van der Waals surface area (Å²) in [5.74, 6) is 1.88. The summed E-state index contributed by atoms with van der Waals surface area (Å²) in [5.41, 5.74) is 0.800. The third-order valence-electron chi connectivity index (χ3n) is 2.29. The van der Waals surface area contributed by atoms with Gasteiger partial charge in [0, 0.05) is 18.6 Å². The lowest BCUT2D eigenvalue weighted by Gasteiger charge is -2.00. The average molecular weight is 227 g/mol. The van der Waals surface area contributed by atoms with E-state index in [1.807, 2.05) is 22.9 Å². The van der Waals surface area contributed by atoms with Crippen LogP contribution in [0.15, 0.2) is 41.6 Å². The summed E-state index contributed by atoms with van der Waals surface area (Å²) in [5, 5.41) is 3.74. The maximum absolute atomic E-state index is 5.06. The van der Waals surface area contributed by atoms with Gasteiger partial charge in [0.05, 0.1) is 5.56 Å². The molecular formula is C11H9N5O. The molecule has 0 aromatic carbocycles. The fourth-order valence-corrected chi connectivity index (χ4v) is 1.47. The first-order chi connectivity index (χ1) is 8.33. The molecule has 0 atom stereocenters. The predicted molar refractivity (Wildman–Crippen MR) is 59.4 cm³/mol. The van der Waals surface area contributed by atoms with Crippen LogP contribution in [0.3, 0.4) is 0 Å². The van der Waals surface area contributed by atoms with Crippen LogP contribution < -0.4 is 0 Å². The summed E-state index contributed by atoms with van der Waals surface area (Å²) < 4.78 is 6.88. The van der Waals surface area contributed by atoms with Crippen molar-refractivity contribution in [2.45, 2.75) is 6.92 Å². The first kappa shape index (κ1) is 9.71. The maximum Gasteiger partial charge on any atom is 0.259 e. The third-order valence-corrected chi connectivity index (χ3v) is 2.29. The first-order valence-corrected chi connectivity index (χ1v) is 5.08. The van der Waals surface area contributed by atoms with E-state index in [4.69, 9.17) is 4.52 Å². The van der Waals surface area contributed by atoms with Crippen molar-refractivity contribution >= 4 is 0 Å². The molecule has 3 aromatic rings. The van der Waals surface area contributed by atoms with Crippen LogP contribution >= 0.6 is 0 Å². The Bertz CT molecular complexity index is 612. The van der Waals surface area contributed by atoms with Gasteiger partial charge in [-0.15, -0.1) is 0 Å². The molecule has 84 valence electrons. The van der Waals surface area contributed by atoms with Crippen molar-refractivity contribution in [3.05, 3.63) is 42.9 Å². The zero-order chi connectivity index (χ0) is 11.7. The van der Waals surface area contributed by atoms with Gasteiger partial charge in [-0.1, -0.05) is 5.16 Å². The van der Waals surface area contributed by atoms with E-state index in [1.54, 1.807) is 25.6 Å².